The van der Waals surface area contributed by atoms with Gasteiger partial charge in [-0.1, -0.05) is 39.5 Å². The van der Waals surface area contributed by atoms with E-state index in [0.717, 1.165) is 12.2 Å². The van der Waals surface area contributed by atoms with Gasteiger partial charge >= 0.3 is 5.97 Å². The lowest BCUT2D eigenvalue weighted by molar-refractivity contribution is -0.145. The number of ether oxygens (including phenoxy) is 3. The number of allylic oxidation sites excluding steroid dienone is 3. The van der Waals surface area contributed by atoms with Gasteiger partial charge in [-0.3, -0.25) is 9.59 Å². The van der Waals surface area contributed by atoms with Crippen molar-refractivity contribution in [3.8, 4) is 5.75 Å². The molecule has 0 atom stereocenters. The van der Waals surface area contributed by atoms with Crippen molar-refractivity contribution >= 4 is 17.6 Å². The lowest BCUT2D eigenvalue weighted by Gasteiger charge is -2.10. The predicted octanol–water partition coefficient (Wildman–Crippen LogP) is 5.26. The van der Waals surface area contributed by atoms with Gasteiger partial charge in [-0.25, -0.2) is 0 Å². The molecule has 1 aromatic carbocycles. The zero-order chi connectivity index (χ0) is 22.2. The van der Waals surface area contributed by atoms with Crippen LogP contribution in [0.5, 0.6) is 5.75 Å². The third-order valence-corrected chi connectivity index (χ3v) is 3.98. The van der Waals surface area contributed by atoms with Gasteiger partial charge in [0.2, 0.25) is 5.91 Å². The van der Waals surface area contributed by atoms with E-state index < -0.39 is 0 Å². The smallest absolute Gasteiger partial charge is 0.305 e. The predicted molar refractivity (Wildman–Crippen MR) is 119 cm³/mol. The van der Waals surface area contributed by atoms with Crippen molar-refractivity contribution in [2.75, 3.05) is 25.1 Å². The van der Waals surface area contributed by atoms with Gasteiger partial charge in [-0.2, -0.15) is 0 Å². The third-order valence-electron chi connectivity index (χ3n) is 3.98. The summed E-state index contributed by atoms with van der Waals surface area (Å²) in [6, 6.07) is 7.22. The molecule has 1 N–H and O–H groups in total. The van der Waals surface area contributed by atoms with E-state index in [9.17, 15) is 9.59 Å². The number of anilines is 1. The van der Waals surface area contributed by atoms with Crippen molar-refractivity contribution in [1.82, 2.24) is 0 Å². The number of carbonyl (C=O) groups is 2. The Bertz CT molecular complexity index is 697. The maximum absolute atomic E-state index is 12.1. The molecule has 0 saturated heterocycles. The normalized spacial score (nSPS) is 11.1. The number of hydrogen-bond acceptors (Lipinski definition) is 5. The van der Waals surface area contributed by atoms with Crippen LogP contribution in [-0.2, 0) is 19.1 Å². The Morgan fingerprint density at radius 3 is 2.60 bits per heavy atom. The fraction of sp³-hybridized carbons (Fsp3) is 0.500. The fourth-order valence-electron chi connectivity index (χ4n) is 2.46. The number of carbonyl (C=O) groups excluding carboxylic acids is 2. The molecule has 6 nitrogen and oxygen atoms in total. The number of hydrogen-bond donors (Lipinski definition) is 1. The van der Waals surface area contributed by atoms with Gasteiger partial charge in [0.1, 0.15) is 5.75 Å². The van der Waals surface area contributed by atoms with Crippen LogP contribution in [0.25, 0.3) is 0 Å². The maximum Gasteiger partial charge on any atom is 0.305 e. The lowest BCUT2D eigenvalue weighted by atomic mass is 10.2. The monoisotopic (exact) mass is 417 g/mol. The van der Waals surface area contributed by atoms with E-state index in [0.29, 0.717) is 62.9 Å². The summed E-state index contributed by atoms with van der Waals surface area (Å²) in [7, 11) is 0. The van der Waals surface area contributed by atoms with E-state index in [1.807, 2.05) is 45.0 Å². The van der Waals surface area contributed by atoms with E-state index in [2.05, 4.69) is 11.9 Å². The molecule has 0 unspecified atom stereocenters. The summed E-state index contributed by atoms with van der Waals surface area (Å²) < 4.78 is 16.4. The minimum atomic E-state index is -0.205. The molecule has 0 radical (unpaired) electrons. The minimum absolute atomic E-state index is 0.0746. The van der Waals surface area contributed by atoms with Crippen LogP contribution < -0.4 is 10.1 Å². The summed E-state index contributed by atoms with van der Waals surface area (Å²) >= 11 is 0. The Labute approximate surface area is 180 Å². The molecular formula is C24H35NO5. The first-order valence-electron chi connectivity index (χ1n) is 10.6. The van der Waals surface area contributed by atoms with Gasteiger partial charge in [-0.15, -0.1) is 0 Å². The zero-order valence-electron chi connectivity index (χ0n) is 18.4. The number of benzene rings is 1. The van der Waals surface area contributed by atoms with E-state index in [4.69, 9.17) is 14.2 Å². The van der Waals surface area contributed by atoms with Gasteiger partial charge < -0.3 is 19.5 Å². The second-order valence-corrected chi connectivity index (χ2v) is 7.28. The second-order valence-electron chi connectivity index (χ2n) is 7.28. The average molecular weight is 418 g/mol. The van der Waals surface area contributed by atoms with Crippen LogP contribution in [0.2, 0.25) is 0 Å². The van der Waals surface area contributed by atoms with Gasteiger partial charge in [0.25, 0.3) is 0 Å². The average Bonchev–Trinajstić information content (AvgIpc) is 2.72. The molecule has 0 aliphatic rings. The summed E-state index contributed by atoms with van der Waals surface area (Å²) in [5.74, 6) is 1.56. The Morgan fingerprint density at radius 1 is 1.13 bits per heavy atom. The van der Waals surface area contributed by atoms with E-state index >= 15 is 0 Å². The highest BCUT2D eigenvalue weighted by atomic mass is 16.5. The van der Waals surface area contributed by atoms with Crippen molar-refractivity contribution in [1.29, 1.82) is 0 Å². The van der Waals surface area contributed by atoms with Crippen LogP contribution in [0.3, 0.4) is 0 Å². The van der Waals surface area contributed by atoms with Gasteiger partial charge in [0.05, 0.1) is 25.6 Å². The van der Waals surface area contributed by atoms with Crippen molar-refractivity contribution in [2.24, 2.45) is 5.92 Å². The number of esters is 1. The van der Waals surface area contributed by atoms with Crippen molar-refractivity contribution in [2.45, 2.75) is 52.9 Å². The van der Waals surface area contributed by atoms with Crippen LogP contribution in [0.4, 0.5) is 5.69 Å². The van der Waals surface area contributed by atoms with Crippen molar-refractivity contribution < 1.29 is 23.8 Å². The molecule has 1 rings (SSSR count). The van der Waals surface area contributed by atoms with Crippen LogP contribution in [0.1, 0.15) is 52.9 Å². The van der Waals surface area contributed by atoms with Gasteiger partial charge in [0, 0.05) is 31.0 Å². The molecule has 1 aromatic rings. The summed E-state index contributed by atoms with van der Waals surface area (Å²) in [6.07, 6.45) is 6.22. The Kier molecular flexibility index (Phi) is 12.7. The molecule has 1 amide bonds. The highest BCUT2D eigenvalue weighted by molar-refractivity contribution is 5.90. The first kappa shape index (κ1) is 25.3. The molecule has 0 aromatic heterocycles. The molecule has 0 fully saturated rings. The molecule has 166 valence electrons. The lowest BCUT2D eigenvalue weighted by Crippen LogP contribution is -2.12. The number of nitrogens with one attached hydrogen (secondary N) is 1. The SMILES string of the molecule is C=C/C=C(\CC)OCCCC(=O)Nc1cccc(OCCCC(=O)OCC(C)C)c1. The maximum atomic E-state index is 12.1. The Balaban J connectivity index is 2.29. The van der Waals surface area contributed by atoms with Crippen molar-refractivity contribution in [3.63, 3.8) is 0 Å². The topological polar surface area (TPSA) is 73.9 Å². The van der Waals surface area contributed by atoms with Gasteiger partial charge in [-0.05, 0) is 37.0 Å². The summed E-state index contributed by atoms with van der Waals surface area (Å²) in [5, 5.41) is 2.87. The molecular weight excluding hydrogens is 382 g/mol. The number of rotatable bonds is 15. The molecule has 30 heavy (non-hydrogen) atoms. The molecule has 0 saturated carbocycles. The first-order valence-corrected chi connectivity index (χ1v) is 10.6. The highest BCUT2D eigenvalue weighted by Gasteiger charge is 2.06. The standard InChI is InChI=1S/C24H35NO5/c1-5-10-21(6-2)28-15-8-13-23(26)25-20-11-7-12-22(17-20)29-16-9-14-24(27)30-18-19(3)4/h5,7,10-12,17,19H,1,6,8-9,13-16,18H2,2-4H3,(H,25,26)/b21-10+. The zero-order valence-corrected chi connectivity index (χ0v) is 18.4. The summed E-state index contributed by atoms with van der Waals surface area (Å²) in [6.45, 7) is 11.0. The first-order chi connectivity index (χ1) is 14.4. The molecule has 0 aliphatic heterocycles. The van der Waals surface area contributed by atoms with Crippen molar-refractivity contribution in [3.05, 3.63) is 48.8 Å². The molecule has 0 heterocycles. The molecule has 0 aliphatic carbocycles. The molecule has 0 spiro atoms. The number of amides is 1. The Morgan fingerprint density at radius 2 is 1.90 bits per heavy atom. The quantitative estimate of drug-likeness (QED) is 0.182. The Hall–Kier alpha value is -2.76. The van der Waals surface area contributed by atoms with E-state index in [1.165, 1.54) is 0 Å². The largest absolute Gasteiger partial charge is 0.498 e. The molecule has 6 heteroatoms. The van der Waals surface area contributed by atoms with Crippen LogP contribution >= 0.6 is 0 Å². The van der Waals surface area contributed by atoms with Gasteiger partial charge in [0.15, 0.2) is 0 Å². The summed E-state index contributed by atoms with van der Waals surface area (Å²) in [5.41, 5.74) is 0.676. The van der Waals surface area contributed by atoms with E-state index in [-0.39, 0.29) is 11.9 Å². The van der Waals surface area contributed by atoms with Crippen LogP contribution in [0, 0.1) is 5.92 Å². The second kappa shape index (κ2) is 15.1. The third kappa shape index (κ3) is 11.9. The minimum Gasteiger partial charge on any atom is -0.498 e. The highest BCUT2D eigenvalue weighted by Crippen LogP contribution is 2.18. The summed E-state index contributed by atoms with van der Waals surface area (Å²) in [4.78, 5) is 23.7. The van der Waals surface area contributed by atoms with E-state index in [1.54, 1.807) is 12.1 Å². The van der Waals surface area contributed by atoms with Crippen LogP contribution in [-0.4, -0.2) is 31.7 Å². The molecule has 0 bridgehead atoms. The van der Waals surface area contributed by atoms with Crippen LogP contribution in [0.15, 0.2) is 48.8 Å². The fourth-order valence-corrected chi connectivity index (χ4v) is 2.46.